The Morgan fingerprint density at radius 2 is 0.816 bits per heavy atom. The Bertz CT molecular complexity index is 2710. The molecule has 1 nitrogen and oxygen atoms in total. The summed E-state index contributed by atoms with van der Waals surface area (Å²) in [5.74, 6) is 0. The molecule has 10 aromatic rings. The van der Waals surface area contributed by atoms with Crippen molar-refractivity contribution in [3.05, 3.63) is 176 Å². The molecule has 0 spiro atoms. The van der Waals surface area contributed by atoms with Crippen LogP contribution in [0.2, 0.25) is 0 Å². The molecule has 0 aliphatic rings. The van der Waals surface area contributed by atoms with E-state index in [9.17, 15) is 0 Å². The fourth-order valence-corrected chi connectivity index (χ4v) is 10.1. The van der Waals surface area contributed by atoms with Gasteiger partial charge in [-0.1, -0.05) is 140 Å². The average Bonchev–Trinajstić information content (AvgIpc) is 3.76. The largest absolute Gasteiger partial charge is 0.309 e. The Labute approximate surface area is 292 Å². The van der Waals surface area contributed by atoms with Crippen molar-refractivity contribution in [2.24, 2.45) is 0 Å². The number of rotatable bonds is 5. The number of benzene rings is 8. The summed E-state index contributed by atoms with van der Waals surface area (Å²) in [6.45, 7) is 0. The van der Waals surface area contributed by atoms with E-state index in [1.165, 1.54) is 79.1 Å². The minimum absolute atomic E-state index is 1.13. The molecule has 0 N–H and O–H groups in total. The summed E-state index contributed by atoms with van der Waals surface area (Å²) >= 11 is 3.85. The fraction of sp³-hybridized carbons (Fsp3) is 0. The zero-order chi connectivity index (χ0) is 32.3. The third kappa shape index (κ3) is 4.58. The summed E-state index contributed by atoms with van der Waals surface area (Å²) in [4.78, 5) is 2.44. The van der Waals surface area contributed by atoms with E-state index in [4.69, 9.17) is 0 Å². The molecule has 0 saturated heterocycles. The Balaban J connectivity index is 1.24. The van der Waals surface area contributed by atoms with Crippen molar-refractivity contribution in [2.75, 3.05) is 4.90 Å². The number of thiophene rings is 2. The predicted molar refractivity (Wildman–Crippen MR) is 215 cm³/mol. The highest BCUT2D eigenvalue weighted by atomic mass is 32.1. The van der Waals surface area contributed by atoms with E-state index in [0.29, 0.717) is 0 Å². The second-order valence-electron chi connectivity index (χ2n) is 12.5. The maximum absolute atomic E-state index is 2.44. The third-order valence-corrected chi connectivity index (χ3v) is 12.1. The van der Waals surface area contributed by atoms with Crippen LogP contribution < -0.4 is 4.90 Å². The van der Waals surface area contributed by atoms with Crippen LogP contribution in [0.3, 0.4) is 0 Å². The summed E-state index contributed by atoms with van der Waals surface area (Å²) in [7, 11) is 0. The Morgan fingerprint density at radius 1 is 0.306 bits per heavy atom. The molecule has 10 rings (SSSR count). The van der Waals surface area contributed by atoms with E-state index in [0.717, 1.165) is 11.4 Å². The molecule has 0 aliphatic heterocycles. The van der Waals surface area contributed by atoms with Crippen molar-refractivity contribution in [3.63, 3.8) is 0 Å². The normalized spacial score (nSPS) is 11.7. The highest BCUT2D eigenvalue weighted by Gasteiger charge is 2.22. The molecule has 0 unspecified atom stereocenters. The van der Waals surface area contributed by atoms with E-state index in [-0.39, 0.29) is 0 Å². The molecule has 2 aromatic heterocycles. The molecule has 0 atom stereocenters. The average molecular weight is 660 g/mol. The van der Waals surface area contributed by atoms with E-state index in [2.05, 4.69) is 181 Å². The predicted octanol–water partition coefficient (Wildman–Crippen LogP) is 14.4. The van der Waals surface area contributed by atoms with E-state index < -0.39 is 0 Å². The lowest BCUT2D eigenvalue weighted by atomic mass is 9.99. The van der Waals surface area contributed by atoms with Crippen LogP contribution in [0.25, 0.3) is 73.4 Å². The molecule has 0 bridgehead atoms. The number of nitrogens with zero attached hydrogens (tertiary/aromatic N) is 1. The number of fused-ring (bicyclic) bond motifs is 10. The van der Waals surface area contributed by atoms with Crippen LogP contribution in [0.5, 0.6) is 0 Å². The first-order chi connectivity index (χ1) is 24.3. The molecular weight excluding hydrogens is 631 g/mol. The number of anilines is 3. The molecule has 0 fully saturated rings. The highest BCUT2D eigenvalue weighted by Crippen LogP contribution is 2.52. The first-order valence-corrected chi connectivity index (χ1v) is 18.2. The van der Waals surface area contributed by atoms with E-state index >= 15 is 0 Å². The summed E-state index contributed by atoms with van der Waals surface area (Å²) in [6, 6.07) is 64.0. The van der Waals surface area contributed by atoms with Gasteiger partial charge in [0.15, 0.2) is 0 Å². The molecule has 2 heterocycles. The van der Waals surface area contributed by atoms with Crippen molar-refractivity contribution in [3.8, 4) is 22.3 Å². The summed E-state index contributed by atoms with van der Waals surface area (Å²) < 4.78 is 5.38. The van der Waals surface area contributed by atoms with Gasteiger partial charge < -0.3 is 4.90 Å². The Kier molecular flexibility index (Phi) is 6.61. The van der Waals surface area contributed by atoms with Crippen molar-refractivity contribution < 1.29 is 0 Å². The maximum atomic E-state index is 2.44. The van der Waals surface area contributed by atoms with Gasteiger partial charge in [0.2, 0.25) is 0 Å². The quantitative estimate of drug-likeness (QED) is 0.178. The Hall–Kier alpha value is -5.74. The van der Waals surface area contributed by atoms with Gasteiger partial charge in [-0.05, 0) is 64.0 Å². The minimum Gasteiger partial charge on any atom is -0.309 e. The van der Waals surface area contributed by atoms with Crippen LogP contribution in [0, 0.1) is 0 Å². The second-order valence-corrected chi connectivity index (χ2v) is 14.5. The first-order valence-electron chi connectivity index (χ1n) is 16.6. The maximum Gasteiger partial charge on any atom is 0.0640 e. The van der Waals surface area contributed by atoms with Crippen LogP contribution in [-0.4, -0.2) is 0 Å². The first kappa shape index (κ1) is 28.3. The highest BCUT2D eigenvalue weighted by molar-refractivity contribution is 7.30. The lowest BCUT2D eigenvalue weighted by Crippen LogP contribution is -2.10. The third-order valence-electron chi connectivity index (χ3n) is 9.66. The topological polar surface area (TPSA) is 3.24 Å². The van der Waals surface area contributed by atoms with Gasteiger partial charge in [0.05, 0.1) is 10.4 Å². The molecule has 0 aliphatic carbocycles. The van der Waals surface area contributed by atoms with Crippen molar-refractivity contribution in [2.45, 2.75) is 0 Å². The SMILES string of the molecule is c1ccc(-c2ccc(N(c3ccc(-c4ccccc4)cc3)c3cccc4c3sc3c4c4ccccc4c4sc5ccccc5c43)cc2)cc1. The molecule has 0 amide bonds. The number of hydrogen-bond acceptors (Lipinski definition) is 3. The molecular formula is C46H29NS2. The smallest absolute Gasteiger partial charge is 0.0640 e. The van der Waals surface area contributed by atoms with Crippen molar-refractivity contribution in [1.29, 1.82) is 0 Å². The van der Waals surface area contributed by atoms with Crippen molar-refractivity contribution in [1.82, 2.24) is 0 Å². The van der Waals surface area contributed by atoms with Gasteiger partial charge in [-0.15, -0.1) is 22.7 Å². The standard InChI is InChI=1S/C46H29NS2/c1-3-12-30(13-4-1)32-22-26-34(27-23-32)47(35-28-24-33(25-29-35)31-14-5-2-6-15-31)40-20-11-19-39-42-36-16-7-8-17-37(36)45-43(46(42)49-44(39)40)38-18-9-10-21-41(38)48-45/h1-29H. The van der Waals surface area contributed by atoms with Gasteiger partial charge in [-0.2, -0.15) is 0 Å². The molecule has 8 aromatic carbocycles. The van der Waals surface area contributed by atoms with Gasteiger partial charge in [-0.3, -0.25) is 0 Å². The van der Waals surface area contributed by atoms with Gasteiger partial charge in [0.25, 0.3) is 0 Å². The van der Waals surface area contributed by atoms with Crippen LogP contribution in [0.15, 0.2) is 176 Å². The molecule has 49 heavy (non-hydrogen) atoms. The molecule has 3 heteroatoms. The van der Waals surface area contributed by atoms with Crippen molar-refractivity contribution >= 4 is 90.9 Å². The van der Waals surface area contributed by atoms with Crippen LogP contribution in [0.1, 0.15) is 0 Å². The van der Waals surface area contributed by atoms with Gasteiger partial charge in [-0.25, -0.2) is 0 Å². The Morgan fingerprint density at radius 3 is 1.45 bits per heavy atom. The lowest BCUT2D eigenvalue weighted by molar-refractivity contribution is 1.30. The lowest BCUT2D eigenvalue weighted by Gasteiger charge is -2.26. The summed E-state index contributed by atoms with van der Waals surface area (Å²) in [5, 5.41) is 8.04. The number of hydrogen-bond donors (Lipinski definition) is 0. The monoisotopic (exact) mass is 659 g/mol. The zero-order valence-corrected chi connectivity index (χ0v) is 28.1. The second kappa shape index (κ2) is 11.5. The van der Waals surface area contributed by atoms with E-state index in [1.807, 2.05) is 22.7 Å². The van der Waals surface area contributed by atoms with Crippen LogP contribution in [0.4, 0.5) is 17.1 Å². The van der Waals surface area contributed by atoms with E-state index in [1.54, 1.807) is 0 Å². The van der Waals surface area contributed by atoms with Crippen LogP contribution in [-0.2, 0) is 0 Å². The van der Waals surface area contributed by atoms with Crippen LogP contribution >= 0.6 is 22.7 Å². The molecule has 0 radical (unpaired) electrons. The summed E-state index contributed by atoms with van der Waals surface area (Å²) in [5.41, 5.74) is 8.32. The molecule has 230 valence electrons. The fourth-order valence-electron chi connectivity index (χ4n) is 7.38. The van der Waals surface area contributed by atoms with Gasteiger partial charge in [0, 0.05) is 52.4 Å². The molecule has 0 saturated carbocycles. The minimum atomic E-state index is 1.13. The zero-order valence-electron chi connectivity index (χ0n) is 26.5. The van der Waals surface area contributed by atoms with Gasteiger partial charge >= 0.3 is 0 Å². The van der Waals surface area contributed by atoms with Gasteiger partial charge in [0.1, 0.15) is 0 Å². The summed E-state index contributed by atoms with van der Waals surface area (Å²) in [6.07, 6.45) is 0.